The van der Waals surface area contributed by atoms with Gasteiger partial charge >= 0.3 is 5.97 Å². The molecular formula is C18H21N3O4S. The molecule has 8 heteroatoms. The van der Waals surface area contributed by atoms with Crippen LogP contribution in [0.1, 0.15) is 15.9 Å². The number of esters is 1. The molecule has 0 saturated carbocycles. The standard InChI is InChI=1S/C18H21N3O4S/c1-20(11-14-4-9-26-13-14)17(22)12-25-18(23)15-2-3-16(19-10-15)21-5-7-24-8-6-21/h2-4,9-10,13H,5-8,11-12H2,1H3. The fraction of sp³-hybridized carbons (Fsp3) is 0.389. The van der Waals surface area contributed by atoms with Crippen molar-refractivity contribution in [2.75, 3.05) is 44.9 Å². The minimum absolute atomic E-state index is 0.248. The van der Waals surface area contributed by atoms with Gasteiger partial charge in [0.2, 0.25) is 0 Å². The molecule has 0 spiro atoms. The lowest BCUT2D eigenvalue weighted by molar-refractivity contribution is -0.133. The molecule has 2 aromatic heterocycles. The molecule has 7 nitrogen and oxygen atoms in total. The van der Waals surface area contributed by atoms with Gasteiger partial charge in [0, 0.05) is 32.9 Å². The summed E-state index contributed by atoms with van der Waals surface area (Å²) in [4.78, 5) is 32.1. The monoisotopic (exact) mass is 375 g/mol. The van der Waals surface area contributed by atoms with E-state index in [2.05, 4.69) is 9.88 Å². The summed E-state index contributed by atoms with van der Waals surface area (Å²) in [5.41, 5.74) is 1.38. The first-order valence-corrected chi connectivity index (χ1v) is 9.28. The Kier molecular flexibility index (Phi) is 6.19. The number of morpholine rings is 1. The van der Waals surface area contributed by atoms with Gasteiger partial charge < -0.3 is 19.3 Å². The van der Waals surface area contributed by atoms with Crippen LogP contribution in [-0.4, -0.2) is 61.7 Å². The maximum atomic E-state index is 12.1. The summed E-state index contributed by atoms with van der Waals surface area (Å²) in [6, 6.07) is 5.41. The topological polar surface area (TPSA) is 72.0 Å². The zero-order valence-electron chi connectivity index (χ0n) is 14.6. The Balaban J connectivity index is 1.48. The summed E-state index contributed by atoms with van der Waals surface area (Å²) >= 11 is 1.58. The Morgan fingerprint density at radius 3 is 2.77 bits per heavy atom. The van der Waals surface area contributed by atoms with Crippen LogP contribution in [0.5, 0.6) is 0 Å². The third-order valence-corrected chi connectivity index (χ3v) is 4.80. The normalized spacial score (nSPS) is 14.1. The molecule has 1 aliphatic rings. The average Bonchev–Trinajstić information content (AvgIpc) is 3.19. The van der Waals surface area contributed by atoms with Crippen LogP contribution in [0.3, 0.4) is 0 Å². The number of thiophene rings is 1. The third kappa shape index (κ3) is 4.80. The van der Waals surface area contributed by atoms with Gasteiger partial charge in [-0.2, -0.15) is 11.3 Å². The highest BCUT2D eigenvalue weighted by Gasteiger charge is 2.16. The van der Waals surface area contributed by atoms with Crippen molar-refractivity contribution < 1.29 is 19.1 Å². The minimum Gasteiger partial charge on any atom is -0.452 e. The van der Waals surface area contributed by atoms with Crippen molar-refractivity contribution >= 4 is 29.0 Å². The van der Waals surface area contributed by atoms with Crippen molar-refractivity contribution in [1.82, 2.24) is 9.88 Å². The molecule has 0 bridgehead atoms. The SMILES string of the molecule is CN(Cc1ccsc1)C(=O)COC(=O)c1ccc(N2CCOCC2)nc1. The van der Waals surface area contributed by atoms with Gasteiger partial charge in [0.25, 0.3) is 5.91 Å². The number of hydrogen-bond acceptors (Lipinski definition) is 7. The van der Waals surface area contributed by atoms with Crippen LogP contribution in [0, 0.1) is 0 Å². The number of anilines is 1. The molecule has 26 heavy (non-hydrogen) atoms. The molecular weight excluding hydrogens is 354 g/mol. The van der Waals surface area contributed by atoms with Crippen LogP contribution >= 0.6 is 11.3 Å². The number of nitrogens with zero attached hydrogens (tertiary/aromatic N) is 3. The van der Waals surface area contributed by atoms with Gasteiger partial charge in [-0.05, 0) is 34.5 Å². The lowest BCUT2D eigenvalue weighted by Crippen LogP contribution is -2.36. The van der Waals surface area contributed by atoms with Crippen LogP contribution in [-0.2, 0) is 20.8 Å². The number of hydrogen-bond donors (Lipinski definition) is 0. The predicted octanol–water partition coefficient (Wildman–Crippen LogP) is 1.80. The lowest BCUT2D eigenvalue weighted by Gasteiger charge is -2.27. The van der Waals surface area contributed by atoms with Crippen LogP contribution in [0.4, 0.5) is 5.82 Å². The molecule has 1 saturated heterocycles. The van der Waals surface area contributed by atoms with E-state index >= 15 is 0 Å². The van der Waals surface area contributed by atoms with Crippen molar-refractivity contribution in [2.45, 2.75) is 6.54 Å². The van der Waals surface area contributed by atoms with Crippen molar-refractivity contribution in [3.8, 4) is 0 Å². The van der Waals surface area contributed by atoms with Gasteiger partial charge in [-0.15, -0.1) is 0 Å². The molecule has 0 radical (unpaired) electrons. The number of rotatable bonds is 6. The summed E-state index contributed by atoms with van der Waals surface area (Å²) in [5, 5.41) is 3.94. The Labute approximate surface area is 156 Å². The van der Waals surface area contributed by atoms with E-state index in [4.69, 9.17) is 9.47 Å². The van der Waals surface area contributed by atoms with Crippen molar-refractivity contribution in [3.05, 3.63) is 46.3 Å². The number of ether oxygens (including phenoxy) is 2. The Bertz CT molecular complexity index is 727. The van der Waals surface area contributed by atoms with E-state index in [1.807, 2.05) is 16.8 Å². The smallest absolute Gasteiger partial charge is 0.340 e. The van der Waals surface area contributed by atoms with Crippen LogP contribution in [0.25, 0.3) is 0 Å². The van der Waals surface area contributed by atoms with E-state index < -0.39 is 5.97 Å². The van der Waals surface area contributed by atoms with Gasteiger partial charge in [0.1, 0.15) is 5.82 Å². The zero-order chi connectivity index (χ0) is 18.4. The molecule has 0 aliphatic carbocycles. The number of carbonyl (C=O) groups is 2. The third-order valence-electron chi connectivity index (χ3n) is 4.07. The second kappa shape index (κ2) is 8.77. The maximum Gasteiger partial charge on any atom is 0.340 e. The Hall–Kier alpha value is -2.45. The number of likely N-dealkylation sites (N-methyl/N-ethyl adjacent to an activating group) is 1. The van der Waals surface area contributed by atoms with Gasteiger partial charge in [0.05, 0.1) is 18.8 Å². The first kappa shape index (κ1) is 18.3. The first-order valence-electron chi connectivity index (χ1n) is 8.34. The Morgan fingerprint density at radius 2 is 2.12 bits per heavy atom. The van der Waals surface area contributed by atoms with Gasteiger partial charge in [-0.25, -0.2) is 9.78 Å². The molecule has 0 N–H and O–H groups in total. The van der Waals surface area contributed by atoms with E-state index in [9.17, 15) is 9.59 Å². The molecule has 3 heterocycles. The molecule has 2 aromatic rings. The summed E-state index contributed by atoms with van der Waals surface area (Å²) in [7, 11) is 1.69. The van der Waals surface area contributed by atoms with E-state index in [-0.39, 0.29) is 12.5 Å². The maximum absolute atomic E-state index is 12.1. The largest absolute Gasteiger partial charge is 0.452 e. The molecule has 1 fully saturated rings. The van der Waals surface area contributed by atoms with Crippen molar-refractivity contribution in [3.63, 3.8) is 0 Å². The quantitative estimate of drug-likeness (QED) is 0.717. The summed E-state index contributed by atoms with van der Waals surface area (Å²) < 4.78 is 10.4. The first-order chi connectivity index (χ1) is 12.6. The van der Waals surface area contributed by atoms with Crippen LogP contribution in [0.15, 0.2) is 35.2 Å². The second-order valence-corrected chi connectivity index (χ2v) is 6.74. The number of carbonyl (C=O) groups excluding carboxylic acids is 2. The van der Waals surface area contributed by atoms with Crippen molar-refractivity contribution in [1.29, 1.82) is 0 Å². The molecule has 0 unspecified atom stereocenters. The summed E-state index contributed by atoms with van der Waals surface area (Å²) in [6.07, 6.45) is 1.48. The van der Waals surface area contributed by atoms with Crippen molar-refractivity contribution in [2.24, 2.45) is 0 Å². The fourth-order valence-electron chi connectivity index (χ4n) is 2.55. The summed E-state index contributed by atoms with van der Waals surface area (Å²) in [6.45, 7) is 3.11. The Morgan fingerprint density at radius 1 is 1.31 bits per heavy atom. The van der Waals surface area contributed by atoms with E-state index in [1.54, 1.807) is 30.5 Å². The number of pyridine rings is 1. The highest BCUT2D eigenvalue weighted by Crippen LogP contribution is 2.14. The van der Waals surface area contributed by atoms with E-state index in [1.165, 1.54) is 11.1 Å². The second-order valence-electron chi connectivity index (χ2n) is 5.96. The van der Waals surface area contributed by atoms with E-state index in [0.717, 1.165) is 24.5 Å². The fourth-order valence-corrected chi connectivity index (χ4v) is 3.21. The molecule has 3 rings (SSSR count). The molecule has 1 aliphatic heterocycles. The minimum atomic E-state index is -0.552. The number of amides is 1. The van der Waals surface area contributed by atoms with Crippen LogP contribution < -0.4 is 4.90 Å². The molecule has 138 valence electrons. The van der Waals surface area contributed by atoms with Gasteiger partial charge in [-0.1, -0.05) is 0 Å². The van der Waals surface area contributed by atoms with Gasteiger partial charge in [-0.3, -0.25) is 4.79 Å². The highest BCUT2D eigenvalue weighted by molar-refractivity contribution is 7.07. The molecule has 1 amide bonds. The lowest BCUT2D eigenvalue weighted by atomic mass is 10.2. The molecule has 0 aromatic carbocycles. The number of aromatic nitrogens is 1. The molecule has 0 atom stereocenters. The predicted molar refractivity (Wildman–Crippen MR) is 98.3 cm³/mol. The average molecular weight is 375 g/mol. The zero-order valence-corrected chi connectivity index (χ0v) is 15.4. The van der Waals surface area contributed by atoms with Gasteiger partial charge in [0.15, 0.2) is 6.61 Å². The van der Waals surface area contributed by atoms with E-state index in [0.29, 0.717) is 25.3 Å². The highest BCUT2D eigenvalue weighted by atomic mass is 32.1. The summed E-state index contributed by atoms with van der Waals surface area (Å²) in [5.74, 6) is 0.00202. The van der Waals surface area contributed by atoms with Crippen LogP contribution in [0.2, 0.25) is 0 Å².